The number of nitrogens with zero attached hydrogens (tertiary/aromatic N) is 3. The summed E-state index contributed by atoms with van der Waals surface area (Å²) in [5.41, 5.74) is 2.56. The van der Waals surface area contributed by atoms with Crippen molar-refractivity contribution in [1.29, 1.82) is 0 Å². The first kappa shape index (κ1) is 25.5. The van der Waals surface area contributed by atoms with Gasteiger partial charge in [0.2, 0.25) is 0 Å². The van der Waals surface area contributed by atoms with Gasteiger partial charge in [0.15, 0.2) is 0 Å². The fraction of sp³-hybridized carbons (Fsp3) is 0.519. The van der Waals surface area contributed by atoms with E-state index in [1.165, 1.54) is 17.7 Å². The Balaban J connectivity index is 1.57. The van der Waals surface area contributed by atoms with E-state index in [0.717, 1.165) is 24.8 Å². The number of halogens is 3. The van der Waals surface area contributed by atoms with E-state index in [2.05, 4.69) is 25.7 Å². The van der Waals surface area contributed by atoms with Gasteiger partial charge in [0.25, 0.3) is 5.91 Å². The molecular weight excluding hydrogens is 455 g/mol. The van der Waals surface area contributed by atoms with Crippen LogP contribution in [0, 0.1) is 0 Å². The first-order valence-electron chi connectivity index (χ1n) is 12.1. The average Bonchev–Trinajstić information content (AvgIpc) is 2.80. The third-order valence-corrected chi connectivity index (χ3v) is 6.88. The molecule has 2 fully saturated rings. The summed E-state index contributed by atoms with van der Waals surface area (Å²) < 4.78 is 46.3. The second-order valence-electron chi connectivity index (χ2n) is 10.5. The number of ether oxygens (including phenoxy) is 1. The van der Waals surface area contributed by atoms with E-state index in [1.807, 2.05) is 36.2 Å². The van der Waals surface area contributed by atoms with Gasteiger partial charge >= 0.3 is 6.18 Å². The zero-order valence-corrected chi connectivity index (χ0v) is 20.9. The van der Waals surface area contributed by atoms with Gasteiger partial charge < -0.3 is 19.4 Å². The van der Waals surface area contributed by atoms with Crippen LogP contribution in [0.25, 0.3) is 0 Å². The maximum Gasteiger partial charge on any atom is 0.416 e. The molecule has 2 aliphatic heterocycles. The van der Waals surface area contributed by atoms with E-state index in [-0.39, 0.29) is 17.7 Å². The van der Waals surface area contributed by atoms with Crippen molar-refractivity contribution in [3.8, 4) is 0 Å². The second kappa shape index (κ2) is 9.82. The molecule has 2 saturated heterocycles. The molecule has 1 unspecified atom stereocenters. The zero-order chi connectivity index (χ0) is 25.4. The Hall–Kier alpha value is -2.58. The third kappa shape index (κ3) is 5.81. The summed E-state index contributed by atoms with van der Waals surface area (Å²) in [6.07, 6.45) is -4.93. The fourth-order valence-corrected chi connectivity index (χ4v) is 4.64. The first-order valence-corrected chi connectivity index (χ1v) is 12.1. The van der Waals surface area contributed by atoms with Gasteiger partial charge in [-0.25, -0.2) is 0 Å². The van der Waals surface area contributed by atoms with Crippen molar-refractivity contribution in [3.63, 3.8) is 0 Å². The second-order valence-corrected chi connectivity index (χ2v) is 10.5. The van der Waals surface area contributed by atoms with Crippen molar-refractivity contribution in [2.75, 3.05) is 56.2 Å². The third-order valence-electron chi connectivity index (χ3n) is 6.88. The summed E-state index contributed by atoms with van der Waals surface area (Å²) in [5, 5.41) is 0. The van der Waals surface area contributed by atoms with Crippen LogP contribution >= 0.6 is 0 Å². The molecule has 2 aliphatic rings. The molecule has 2 aromatic rings. The maximum atomic E-state index is 13.5. The lowest BCUT2D eigenvalue weighted by Crippen LogP contribution is -2.49. The lowest BCUT2D eigenvalue weighted by Gasteiger charge is -2.37. The molecule has 2 aromatic carbocycles. The smallest absolute Gasteiger partial charge is 0.369 e. The van der Waals surface area contributed by atoms with Gasteiger partial charge in [-0.2, -0.15) is 13.2 Å². The van der Waals surface area contributed by atoms with Gasteiger partial charge in [0, 0.05) is 50.5 Å². The number of likely N-dealkylation sites (N-methyl/N-ethyl adjacent to an activating group) is 1. The van der Waals surface area contributed by atoms with E-state index >= 15 is 0 Å². The summed E-state index contributed by atoms with van der Waals surface area (Å²) in [4.78, 5) is 19.2. The molecule has 0 aliphatic carbocycles. The number of alkyl halides is 3. The van der Waals surface area contributed by atoms with Gasteiger partial charge in [-0.1, -0.05) is 39.0 Å². The molecule has 0 radical (unpaired) electrons. The van der Waals surface area contributed by atoms with Crippen molar-refractivity contribution in [3.05, 3.63) is 59.2 Å². The minimum Gasteiger partial charge on any atom is -0.369 e. The van der Waals surface area contributed by atoms with Gasteiger partial charge in [0.05, 0.1) is 12.2 Å². The maximum absolute atomic E-state index is 13.5. The highest BCUT2D eigenvalue weighted by molar-refractivity contribution is 5.97. The average molecular weight is 490 g/mol. The van der Waals surface area contributed by atoms with E-state index < -0.39 is 17.8 Å². The van der Waals surface area contributed by atoms with Crippen LogP contribution in [0.4, 0.5) is 24.5 Å². The van der Waals surface area contributed by atoms with Crippen LogP contribution in [0.2, 0.25) is 0 Å². The van der Waals surface area contributed by atoms with E-state index in [9.17, 15) is 18.0 Å². The molecule has 0 aromatic heterocycles. The fourth-order valence-electron chi connectivity index (χ4n) is 4.64. The molecule has 5 nitrogen and oxygen atoms in total. The summed E-state index contributed by atoms with van der Waals surface area (Å²) in [6.45, 7) is 10.1. The van der Waals surface area contributed by atoms with Crippen molar-refractivity contribution >= 4 is 17.3 Å². The SMILES string of the molecule is CN1CCN(c2cc(C(F)(F)F)ccc2CC2OCCN(c3ccc(C(C)(C)C)cc3)C2=O)CC1. The topological polar surface area (TPSA) is 36.0 Å². The summed E-state index contributed by atoms with van der Waals surface area (Å²) in [7, 11) is 2.00. The first-order chi connectivity index (χ1) is 16.4. The van der Waals surface area contributed by atoms with E-state index in [4.69, 9.17) is 4.74 Å². The molecule has 8 heteroatoms. The quantitative estimate of drug-likeness (QED) is 0.622. The Labute approximate surface area is 205 Å². The molecule has 2 heterocycles. The molecule has 0 bridgehead atoms. The monoisotopic (exact) mass is 489 g/mol. The molecule has 0 N–H and O–H groups in total. The van der Waals surface area contributed by atoms with Crippen LogP contribution in [0.3, 0.4) is 0 Å². The number of morpholine rings is 1. The number of hydrogen-bond acceptors (Lipinski definition) is 4. The standard InChI is InChI=1S/C27H34F3N3O2/c1-26(2,3)20-7-9-22(10-8-20)33-15-16-35-24(25(33)34)17-19-5-6-21(27(28,29)30)18-23(19)32-13-11-31(4)12-14-32/h5-10,18,24H,11-17H2,1-4H3. The van der Waals surface area contributed by atoms with Crippen LogP contribution in [0.15, 0.2) is 42.5 Å². The number of piperazine rings is 1. The highest BCUT2D eigenvalue weighted by Crippen LogP contribution is 2.35. The number of carbonyl (C=O) groups is 1. The predicted octanol–water partition coefficient (Wildman–Crippen LogP) is 4.73. The molecule has 35 heavy (non-hydrogen) atoms. The summed E-state index contributed by atoms with van der Waals surface area (Å²) in [6, 6.07) is 11.8. The van der Waals surface area contributed by atoms with Crippen molar-refractivity contribution < 1.29 is 22.7 Å². The number of hydrogen-bond donors (Lipinski definition) is 0. The summed E-state index contributed by atoms with van der Waals surface area (Å²) in [5.74, 6) is -0.163. The minimum atomic E-state index is -4.42. The number of benzene rings is 2. The van der Waals surface area contributed by atoms with Crippen LogP contribution in [0.5, 0.6) is 0 Å². The molecule has 0 spiro atoms. The largest absolute Gasteiger partial charge is 0.416 e. The summed E-state index contributed by atoms with van der Waals surface area (Å²) >= 11 is 0. The lowest BCUT2D eigenvalue weighted by molar-refractivity contribution is -0.137. The zero-order valence-electron chi connectivity index (χ0n) is 20.9. The van der Waals surface area contributed by atoms with Gasteiger partial charge in [-0.3, -0.25) is 4.79 Å². The van der Waals surface area contributed by atoms with Gasteiger partial charge in [-0.05, 0) is 47.9 Å². The highest BCUT2D eigenvalue weighted by Gasteiger charge is 2.35. The molecule has 1 amide bonds. The lowest BCUT2D eigenvalue weighted by atomic mass is 9.87. The number of rotatable bonds is 4. The van der Waals surface area contributed by atoms with E-state index in [1.54, 1.807) is 4.90 Å². The predicted molar refractivity (Wildman–Crippen MR) is 132 cm³/mol. The Morgan fingerprint density at radius 1 is 0.914 bits per heavy atom. The minimum absolute atomic E-state index is 0.0122. The number of carbonyl (C=O) groups excluding carboxylic acids is 1. The number of anilines is 2. The Morgan fingerprint density at radius 3 is 2.14 bits per heavy atom. The molecule has 1 atom stereocenters. The van der Waals surface area contributed by atoms with Crippen LogP contribution in [-0.2, 0) is 27.5 Å². The Morgan fingerprint density at radius 2 is 1.54 bits per heavy atom. The Kier molecular flexibility index (Phi) is 7.16. The molecule has 0 saturated carbocycles. The number of amides is 1. The van der Waals surface area contributed by atoms with E-state index in [0.29, 0.717) is 37.5 Å². The van der Waals surface area contributed by atoms with Crippen molar-refractivity contribution in [2.45, 2.75) is 44.9 Å². The Bertz CT molecular complexity index is 1040. The molecular formula is C27H34F3N3O2. The normalized spacial score (nSPS) is 20.4. The van der Waals surface area contributed by atoms with Gasteiger partial charge in [0.1, 0.15) is 6.10 Å². The highest BCUT2D eigenvalue weighted by atomic mass is 19.4. The molecule has 190 valence electrons. The van der Waals surface area contributed by atoms with Crippen LogP contribution in [0.1, 0.15) is 37.5 Å². The van der Waals surface area contributed by atoms with Crippen LogP contribution in [-0.4, -0.2) is 63.3 Å². The van der Waals surface area contributed by atoms with Crippen molar-refractivity contribution in [2.24, 2.45) is 0 Å². The van der Waals surface area contributed by atoms with Crippen molar-refractivity contribution in [1.82, 2.24) is 4.90 Å². The molecule has 4 rings (SSSR count). The van der Waals surface area contributed by atoms with Crippen LogP contribution < -0.4 is 9.80 Å². The van der Waals surface area contributed by atoms with Gasteiger partial charge in [-0.15, -0.1) is 0 Å².